The highest BCUT2D eigenvalue weighted by Crippen LogP contribution is 2.33. The summed E-state index contributed by atoms with van der Waals surface area (Å²) in [5.41, 5.74) is 0.249. The van der Waals surface area contributed by atoms with Crippen molar-refractivity contribution in [3.63, 3.8) is 0 Å². The lowest BCUT2D eigenvalue weighted by Crippen LogP contribution is -2.36. The number of carboxylic acid groups (broad SMARTS) is 1. The molecule has 2 rings (SSSR count). The van der Waals surface area contributed by atoms with Gasteiger partial charge in [0.05, 0.1) is 18.4 Å². The fraction of sp³-hybridized carbons (Fsp3) is 0.467. The monoisotopic (exact) mass is 292 g/mol. The molecular weight excluding hydrogens is 272 g/mol. The van der Waals surface area contributed by atoms with Gasteiger partial charge in [0.2, 0.25) is 0 Å². The molecule has 0 spiro atoms. The first-order chi connectivity index (χ1) is 9.99. The largest absolute Gasteiger partial charge is 0.497 e. The van der Waals surface area contributed by atoms with Gasteiger partial charge in [0.25, 0.3) is 0 Å². The Labute approximate surface area is 123 Å². The maximum atomic E-state index is 11.9. The molecule has 0 aliphatic heterocycles. The van der Waals surface area contributed by atoms with Gasteiger partial charge in [-0.05, 0) is 37.5 Å². The molecule has 1 aromatic rings. The SMILES string of the molecule is COc1ccc(NC(=O)NC(C)CC2CC2)c(C(=O)O)c1. The van der Waals surface area contributed by atoms with Crippen molar-refractivity contribution in [1.29, 1.82) is 0 Å². The zero-order valence-corrected chi connectivity index (χ0v) is 12.2. The van der Waals surface area contributed by atoms with Gasteiger partial charge in [-0.25, -0.2) is 9.59 Å². The summed E-state index contributed by atoms with van der Waals surface area (Å²) in [5.74, 6) is 0.0338. The van der Waals surface area contributed by atoms with Crippen LogP contribution < -0.4 is 15.4 Å². The number of hydrogen-bond acceptors (Lipinski definition) is 3. The summed E-state index contributed by atoms with van der Waals surface area (Å²) >= 11 is 0. The van der Waals surface area contributed by atoms with Gasteiger partial charge in [0.1, 0.15) is 5.75 Å². The van der Waals surface area contributed by atoms with Gasteiger partial charge in [-0.2, -0.15) is 0 Å². The first-order valence-electron chi connectivity index (χ1n) is 6.98. The summed E-state index contributed by atoms with van der Waals surface area (Å²) in [6.45, 7) is 1.95. The molecule has 2 amide bonds. The molecule has 0 heterocycles. The maximum absolute atomic E-state index is 11.9. The van der Waals surface area contributed by atoms with Gasteiger partial charge in [0, 0.05) is 6.04 Å². The minimum absolute atomic E-state index is 0.000606. The molecule has 1 saturated carbocycles. The first-order valence-corrected chi connectivity index (χ1v) is 6.98. The van der Waals surface area contributed by atoms with Crippen LogP contribution in [0.15, 0.2) is 18.2 Å². The van der Waals surface area contributed by atoms with Crippen molar-refractivity contribution in [2.75, 3.05) is 12.4 Å². The molecule has 1 aromatic carbocycles. The average molecular weight is 292 g/mol. The minimum atomic E-state index is -1.12. The Hall–Kier alpha value is -2.24. The Bertz CT molecular complexity index is 540. The number of anilines is 1. The molecule has 0 radical (unpaired) electrons. The second kappa shape index (κ2) is 6.47. The van der Waals surface area contributed by atoms with Gasteiger partial charge in [-0.1, -0.05) is 12.8 Å². The fourth-order valence-electron chi connectivity index (χ4n) is 2.23. The Balaban J connectivity index is 2.00. The Morgan fingerprint density at radius 1 is 1.43 bits per heavy atom. The third-order valence-corrected chi connectivity index (χ3v) is 3.47. The second-order valence-electron chi connectivity index (χ2n) is 5.40. The van der Waals surface area contributed by atoms with Crippen LogP contribution in [-0.2, 0) is 0 Å². The van der Waals surface area contributed by atoms with Crippen molar-refractivity contribution < 1.29 is 19.4 Å². The summed E-state index contributed by atoms with van der Waals surface area (Å²) < 4.78 is 4.99. The van der Waals surface area contributed by atoms with Crippen molar-refractivity contribution in [3.05, 3.63) is 23.8 Å². The van der Waals surface area contributed by atoms with Gasteiger partial charge in [-0.15, -0.1) is 0 Å². The van der Waals surface area contributed by atoms with Crippen molar-refractivity contribution in [3.8, 4) is 5.75 Å². The van der Waals surface area contributed by atoms with E-state index >= 15 is 0 Å². The van der Waals surface area contributed by atoms with E-state index in [1.165, 1.54) is 32.1 Å². The number of carbonyl (C=O) groups excluding carboxylic acids is 1. The second-order valence-corrected chi connectivity index (χ2v) is 5.40. The van der Waals surface area contributed by atoms with Crippen molar-refractivity contribution in [2.24, 2.45) is 5.92 Å². The molecule has 1 atom stereocenters. The molecule has 3 N–H and O–H groups in total. The topological polar surface area (TPSA) is 87.7 Å². The van der Waals surface area contributed by atoms with E-state index in [9.17, 15) is 14.7 Å². The maximum Gasteiger partial charge on any atom is 0.337 e. The van der Waals surface area contributed by atoms with Crippen LogP contribution in [0.3, 0.4) is 0 Å². The van der Waals surface area contributed by atoms with E-state index in [4.69, 9.17) is 4.74 Å². The van der Waals surface area contributed by atoms with Crippen molar-refractivity contribution in [1.82, 2.24) is 5.32 Å². The zero-order chi connectivity index (χ0) is 15.4. The van der Waals surface area contributed by atoms with Crippen molar-refractivity contribution >= 4 is 17.7 Å². The third kappa shape index (κ3) is 4.37. The minimum Gasteiger partial charge on any atom is -0.497 e. The highest BCUT2D eigenvalue weighted by Gasteiger charge is 2.24. The van der Waals surface area contributed by atoms with E-state index in [-0.39, 0.29) is 17.3 Å². The molecular formula is C15H20N2O4. The average Bonchev–Trinajstić information content (AvgIpc) is 3.22. The van der Waals surface area contributed by atoms with Crippen LogP contribution in [0.2, 0.25) is 0 Å². The number of rotatable bonds is 6. The molecule has 21 heavy (non-hydrogen) atoms. The quantitative estimate of drug-likeness (QED) is 0.752. The molecule has 1 fully saturated rings. The standard InChI is InChI=1S/C15H20N2O4/c1-9(7-10-3-4-10)16-15(20)17-13-6-5-11(21-2)8-12(13)14(18)19/h5-6,8-10H,3-4,7H2,1-2H3,(H,18,19)(H2,16,17,20). The summed E-state index contributed by atoms with van der Waals surface area (Å²) in [6, 6.07) is 4.19. The number of methoxy groups -OCH3 is 1. The smallest absolute Gasteiger partial charge is 0.337 e. The summed E-state index contributed by atoms with van der Waals surface area (Å²) in [7, 11) is 1.46. The van der Waals surface area contributed by atoms with Crippen LogP contribution in [-0.4, -0.2) is 30.3 Å². The molecule has 6 heteroatoms. The summed E-state index contributed by atoms with van der Waals surface area (Å²) in [6.07, 6.45) is 3.42. The molecule has 1 unspecified atom stereocenters. The van der Waals surface area contributed by atoms with Gasteiger partial charge < -0.3 is 20.5 Å². The van der Waals surface area contributed by atoms with E-state index in [0.29, 0.717) is 5.75 Å². The number of aromatic carboxylic acids is 1. The Morgan fingerprint density at radius 2 is 2.14 bits per heavy atom. The van der Waals surface area contributed by atoms with Crippen LogP contribution in [0, 0.1) is 5.92 Å². The lowest BCUT2D eigenvalue weighted by molar-refractivity contribution is 0.0697. The van der Waals surface area contributed by atoms with Crippen LogP contribution in [0.25, 0.3) is 0 Å². The molecule has 6 nitrogen and oxygen atoms in total. The number of ether oxygens (including phenoxy) is 1. The number of carboxylic acids is 1. The fourth-order valence-corrected chi connectivity index (χ4v) is 2.23. The molecule has 114 valence electrons. The van der Waals surface area contributed by atoms with Gasteiger partial charge in [-0.3, -0.25) is 0 Å². The van der Waals surface area contributed by atoms with Gasteiger partial charge in [0.15, 0.2) is 0 Å². The zero-order valence-electron chi connectivity index (χ0n) is 12.2. The van der Waals surface area contributed by atoms with E-state index in [1.54, 1.807) is 6.07 Å². The van der Waals surface area contributed by atoms with Crippen LogP contribution in [0.4, 0.5) is 10.5 Å². The number of benzene rings is 1. The van der Waals surface area contributed by atoms with Crippen LogP contribution >= 0.6 is 0 Å². The highest BCUT2D eigenvalue weighted by atomic mass is 16.5. The highest BCUT2D eigenvalue weighted by molar-refractivity contribution is 6.00. The van der Waals surface area contributed by atoms with E-state index < -0.39 is 12.0 Å². The Morgan fingerprint density at radius 3 is 2.71 bits per heavy atom. The Kier molecular flexibility index (Phi) is 4.67. The third-order valence-electron chi connectivity index (χ3n) is 3.47. The number of urea groups is 1. The molecule has 1 aliphatic rings. The summed E-state index contributed by atoms with van der Waals surface area (Å²) in [4.78, 5) is 23.1. The predicted octanol–water partition coefficient (Wildman–Crippen LogP) is 2.70. The van der Waals surface area contributed by atoms with Crippen LogP contribution in [0.5, 0.6) is 5.75 Å². The lowest BCUT2D eigenvalue weighted by atomic mass is 10.1. The van der Waals surface area contributed by atoms with E-state index in [1.807, 2.05) is 6.92 Å². The molecule has 0 aromatic heterocycles. The van der Waals surface area contributed by atoms with E-state index in [0.717, 1.165) is 12.3 Å². The first kappa shape index (κ1) is 15.2. The van der Waals surface area contributed by atoms with Crippen molar-refractivity contribution in [2.45, 2.75) is 32.2 Å². The lowest BCUT2D eigenvalue weighted by Gasteiger charge is -2.15. The van der Waals surface area contributed by atoms with Crippen LogP contribution in [0.1, 0.15) is 36.5 Å². The number of nitrogens with one attached hydrogen (secondary N) is 2. The normalized spacial score (nSPS) is 15.1. The molecule has 1 aliphatic carbocycles. The number of carbonyl (C=O) groups is 2. The molecule has 0 bridgehead atoms. The molecule has 0 saturated heterocycles. The predicted molar refractivity (Wildman–Crippen MR) is 78.9 cm³/mol. The number of hydrogen-bond donors (Lipinski definition) is 3. The van der Waals surface area contributed by atoms with Gasteiger partial charge >= 0.3 is 12.0 Å². The number of amides is 2. The summed E-state index contributed by atoms with van der Waals surface area (Å²) in [5, 5.41) is 14.6. The van der Waals surface area contributed by atoms with E-state index in [2.05, 4.69) is 10.6 Å².